The van der Waals surface area contributed by atoms with Gasteiger partial charge < -0.3 is 15.6 Å². The van der Waals surface area contributed by atoms with Crippen LogP contribution in [0, 0.1) is 0 Å². The summed E-state index contributed by atoms with van der Waals surface area (Å²) in [6.07, 6.45) is 0. The van der Waals surface area contributed by atoms with Gasteiger partial charge in [-0.25, -0.2) is 4.98 Å². The largest absolute Gasteiger partial charge is 0.399 e. The Morgan fingerprint density at radius 3 is 2.74 bits per heavy atom. The molecule has 0 saturated carbocycles. The molecule has 0 saturated heterocycles. The second-order valence-corrected chi connectivity index (χ2v) is 6.16. The van der Waals surface area contributed by atoms with Gasteiger partial charge in [-0.05, 0) is 31.3 Å². The zero-order valence-corrected chi connectivity index (χ0v) is 14.9. The van der Waals surface area contributed by atoms with Crippen LogP contribution in [0.25, 0.3) is 22.1 Å². The van der Waals surface area contributed by atoms with Gasteiger partial charge in [-0.3, -0.25) is 0 Å². The number of aromatic amines is 1. The van der Waals surface area contributed by atoms with Gasteiger partial charge in [0, 0.05) is 28.9 Å². The number of halogens is 1. The van der Waals surface area contributed by atoms with E-state index in [4.69, 9.17) is 5.73 Å². The van der Waals surface area contributed by atoms with Crippen molar-refractivity contribution in [2.24, 2.45) is 0 Å². The fourth-order valence-corrected chi connectivity index (χ4v) is 3.23. The van der Waals surface area contributed by atoms with Crippen molar-refractivity contribution in [3.05, 3.63) is 18.2 Å². The van der Waals surface area contributed by atoms with Crippen LogP contribution in [0.3, 0.4) is 0 Å². The predicted molar refractivity (Wildman–Crippen MR) is 99.4 cm³/mol. The number of nitrogens with one attached hydrogen (secondary N) is 1. The molecule has 124 valence electrons. The summed E-state index contributed by atoms with van der Waals surface area (Å²) < 4.78 is 0. The number of fused-ring (bicyclic) bond motifs is 3. The minimum Gasteiger partial charge on any atom is -0.399 e. The first-order chi connectivity index (χ1) is 10.7. The average Bonchev–Trinajstić information content (AvgIpc) is 2.88. The number of rotatable bonds is 6. The van der Waals surface area contributed by atoms with Gasteiger partial charge in [0.05, 0.1) is 0 Å². The lowest BCUT2D eigenvalue weighted by Gasteiger charge is -2.16. The van der Waals surface area contributed by atoms with Gasteiger partial charge in [0.15, 0.2) is 5.65 Å². The van der Waals surface area contributed by atoms with Crippen LogP contribution in [0.4, 0.5) is 5.69 Å². The maximum absolute atomic E-state index is 5.83. The number of benzene rings is 1. The Kier molecular flexibility index (Phi) is 6.04. The molecule has 3 aromatic rings. The summed E-state index contributed by atoms with van der Waals surface area (Å²) in [5, 5.41) is 10.2. The molecule has 2 heterocycles. The number of nitrogens with zero attached hydrogens (tertiary/aromatic N) is 4. The highest BCUT2D eigenvalue weighted by atomic mass is 35.5. The molecule has 0 radical (unpaired) electrons. The molecule has 0 aliphatic carbocycles. The Morgan fingerprint density at radius 1 is 1.22 bits per heavy atom. The van der Waals surface area contributed by atoms with Gasteiger partial charge in [0.25, 0.3) is 0 Å². The molecule has 2 aromatic heterocycles. The minimum atomic E-state index is 0. The van der Waals surface area contributed by atoms with Gasteiger partial charge in [-0.1, -0.05) is 25.6 Å². The van der Waals surface area contributed by atoms with Crippen LogP contribution in [0.2, 0.25) is 0 Å². The van der Waals surface area contributed by atoms with Crippen molar-refractivity contribution in [2.75, 3.05) is 31.1 Å². The summed E-state index contributed by atoms with van der Waals surface area (Å²) in [5.41, 5.74) is 9.07. The van der Waals surface area contributed by atoms with Crippen molar-refractivity contribution < 1.29 is 0 Å². The molecule has 1 aromatic carbocycles. The lowest BCUT2D eigenvalue weighted by molar-refractivity contribution is 0.324. The van der Waals surface area contributed by atoms with E-state index in [0.29, 0.717) is 10.8 Å². The number of hydrogen-bond donors (Lipinski definition) is 2. The van der Waals surface area contributed by atoms with Crippen LogP contribution in [-0.4, -0.2) is 50.5 Å². The van der Waals surface area contributed by atoms with Crippen LogP contribution in [0.1, 0.15) is 13.8 Å². The average molecular weight is 353 g/mol. The fourth-order valence-electron chi connectivity index (χ4n) is 2.44. The van der Waals surface area contributed by atoms with Gasteiger partial charge in [0.2, 0.25) is 5.16 Å². The van der Waals surface area contributed by atoms with E-state index >= 15 is 0 Å². The van der Waals surface area contributed by atoms with E-state index < -0.39 is 0 Å². The van der Waals surface area contributed by atoms with E-state index in [1.54, 1.807) is 11.8 Å². The molecular formula is C15H21ClN6S. The number of hydrogen-bond acceptors (Lipinski definition) is 6. The third-order valence-electron chi connectivity index (χ3n) is 3.75. The Bertz CT molecular complexity index is 786. The zero-order chi connectivity index (χ0) is 15.5. The van der Waals surface area contributed by atoms with Crippen LogP contribution in [-0.2, 0) is 0 Å². The second kappa shape index (κ2) is 7.81. The fraction of sp³-hybridized carbons (Fsp3) is 0.400. The first-order valence-electron chi connectivity index (χ1n) is 7.48. The zero-order valence-electron chi connectivity index (χ0n) is 13.2. The third kappa shape index (κ3) is 3.85. The van der Waals surface area contributed by atoms with E-state index in [0.717, 1.165) is 47.5 Å². The SMILES string of the molecule is CCN(CC)CCSc1nnc2c(n1)[nH]c1ccc(N)cc12.Cl. The summed E-state index contributed by atoms with van der Waals surface area (Å²) in [7, 11) is 0. The van der Waals surface area contributed by atoms with Crippen molar-refractivity contribution in [3.8, 4) is 0 Å². The number of anilines is 1. The molecule has 0 bridgehead atoms. The van der Waals surface area contributed by atoms with Crippen molar-refractivity contribution in [1.82, 2.24) is 25.1 Å². The van der Waals surface area contributed by atoms with Crippen LogP contribution in [0.5, 0.6) is 0 Å². The van der Waals surface area contributed by atoms with Crippen LogP contribution in [0.15, 0.2) is 23.4 Å². The first-order valence-corrected chi connectivity index (χ1v) is 8.46. The lowest BCUT2D eigenvalue weighted by Crippen LogP contribution is -2.25. The van der Waals surface area contributed by atoms with E-state index in [1.165, 1.54) is 0 Å². The quantitative estimate of drug-likeness (QED) is 0.524. The monoisotopic (exact) mass is 352 g/mol. The van der Waals surface area contributed by atoms with Crippen molar-refractivity contribution in [3.63, 3.8) is 0 Å². The van der Waals surface area contributed by atoms with Gasteiger partial charge >= 0.3 is 0 Å². The predicted octanol–water partition coefficient (Wildman–Crippen LogP) is 2.94. The summed E-state index contributed by atoms with van der Waals surface area (Å²) >= 11 is 1.64. The Hall–Kier alpha value is -1.57. The number of aromatic nitrogens is 4. The van der Waals surface area contributed by atoms with Crippen molar-refractivity contribution in [1.29, 1.82) is 0 Å². The number of nitrogen functional groups attached to an aromatic ring is 1. The molecule has 3 N–H and O–H groups in total. The number of H-pyrrole nitrogens is 1. The lowest BCUT2D eigenvalue weighted by atomic mass is 10.2. The van der Waals surface area contributed by atoms with Gasteiger partial charge in [-0.15, -0.1) is 22.6 Å². The van der Waals surface area contributed by atoms with Crippen LogP contribution >= 0.6 is 24.2 Å². The van der Waals surface area contributed by atoms with Crippen LogP contribution < -0.4 is 5.73 Å². The van der Waals surface area contributed by atoms with E-state index in [2.05, 4.69) is 38.9 Å². The van der Waals surface area contributed by atoms with Gasteiger partial charge in [-0.2, -0.15) is 0 Å². The highest BCUT2D eigenvalue weighted by Crippen LogP contribution is 2.25. The highest BCUT2D eigenvalue weighted by Gasteiger charge is 2.10. The summed E-state index contributed by atoms with van der Waals surface area (Å²) in [6.45, 7) is 7.52. The summed E-state index contributed by atoms with van der Waals surface area (Å²) in [4.78, 5) is 10.2. The van der Waals surface area contributed by atoms with Gasteiger partial charge in [0.1, 0.15) is 5.52 Å². The van der Waals surface area contributed by atoms with Crippen molar-refractivity contribution >= 4 is 51.9 Å². The number of thioether (sulfide) groups is 1. The number of nitrogens with two attached hydrogens (primary N) is 1. The molecule has 0 atom stereocenters. The molecule has 0 spiro atoms. The third-order valence-corrected chi connectivity index (χ3v) is 4.57. The van der Waals surface area contributed by atoms with Crippen molar-refractivity contribution in [2.45, 2.75) is 19.0 Å². The minimum absolute atomic E-state index is 0. The summed E-state index contributed by atoms with van der Waals surface area (Å²) in [6, 6.07) is 5.71. The molecular weight excluding hydrogens is 332 g/mol. The van der Waals surface area contributed by atoms with E-state index in [-0.39, 0.29) is 12.4 Å². The molecule has 0 aliphatic heterocycles. The molecule has 6 nitrogen and oxygen atoms in total. The molecule has 3 rings (SSSR count). The normalized spacial score (nSPS) is 11.3. The maximum Gasteiger partial charge on any atom is 0.211 e. The Balaban J connectivity index is 0.00000192. The molecule has 8 heteroatoms. The topological polar surface area (TPSA) is 83.7 Å². The highest BCUT2D eigenvalue weighted by molar-refractivity contribution is 7.99. The molecule has 0 aliphatic rings. The van der Waals surface area contributed by atoms with E-state index in [9.17, 15) is 0 Å². The molecule has 0 fully saturated rings. The molecule has 0 amide bonds. The smallest absolute Gasteiger partial charge is 0.211 e. The summed E-state index contributed by atoms with van der Waals surface area (Å²) in [5.74, 6) is 0.960. The Morgan fingerprint density at radius 2 is 2.00 bits per heavy atom. The molecule has 0 unspecified atom stereocenters. The standard InChI is InChI=1S/C15H20N6S.ClH/c1-3-21(4-2)7-8-22-15-18-14-13(19-20-15)11-9-10(16)5-6-12(11)17-14;/h5-6,9H,3-4,7-8,16H2,1-2H3,(H,17,18,20);1H. The second-order valence-electron chi connectivity index (χ2n) is 5.10. The van der Waals surface area contributed by atoms with E-state index in [1.807, 2.05) is 18.2 Å². The maximum atomic E-state index is 5.83. The molecule has 23 heavy (non-hydrogen) atoms. The Labute approximate surface area is 145 Å². The first kappa shape index (κ1) is 17.8.